The van der Waals surface area contributed by atoms with Gasteiger partial charge in [0.1, 0.15) is 5.60 Å². The molecule has 0 spiro atoms. The second-order valence-corrected chi connectivity index (χ2v) is 15.9. The van der Waals surface area contributed by atoms with Crippen molar-refractivity contribution in [3.05, 3.63) is 0 Å². The summed E-state index contributed by atoms with van der Waals surface area (Å²) in [6.45, 7) is 22.0. The maximum Gasteiger partial charge on any atom is 0.303 e. The molecule has 0 aromatic rings. The molecule has 9 atom stereocenters. The van der Waals surface area contributed by atoms with Gasteiger partial charge in [-0.15, -0.1) is 0 Å². The van der Waals surface area contributed by atoms with Crippen molar-refractivity contribution in [3.63, 3.8) is 0 Å². The summed E-state index contributed by atoms with van der Waals surface area (Å²) in [5.41, 5.74) is 1.99. The minimum Gasteiger partial charge on any atom is -0.460 e. The summed E-state index contributed by atoms with van der Waals surface area (Å²) in [5, 5.41) is 0. The molecule has 0 bridgehead atoms. The molecular weight excluding hydrogens is 416 g/mol. The highest BCUT2D eigenvalue weighted by atomic mass is 16.6. The van der Waals surface area contributed by atoms with Gasteiger partial charge in [-0.05, 0) is 129 Å². The largest absolute Gasteiger partial charge is 0.460 e. The number of carbonyl (C=O) groups is 1. The lowest BCUT2D eigenvalue weighted by Crippen LogP contribution is -2.66. The van der Waals surface area contributed by atoms with E-state index in [-0.39, 0.29) is 11.6 Å². The fourth-order valence-electron chi connectivity index (χ4n) is 12.6. The monoisotopic (exact) mass is 470 g/mol. The van der Waals surface area contributed by atoms with Crippen LogP contribution in [-0.4, -0.2) is 11.6 Å². The molecular formula is C32H54O2. The summed E-state index contributed by atoms with van der Waals surface area (Å²) in [7, 11) is 0. The lowest BCUT2D eigenvalue weighted by molar-refractivity contribution is -0.243. The molecule has 5 aliphatic carbocycles. The van der Waals surface area contributed by atoms with E-state index in [1.807, 2.05) is 0 Å². The lowest BCUT2D eigenvalue weighted by atomic mass is 9.32. The Morgan fingerprint density at radius 2 is 1.29 bits per heavy atom. The predicted octanol–water partition coefficient (Wildman–Crippen LogP) is 8.82. The summed E-state index contributed by atoms with van der Waals surface area (Å²) in [6.07, 6.45) is 15.3. The summed E-state index contributed by atoms with van der Waals surface area (Å²) in [4.78, 5) is 11.9. The van der Waals surface area contributed by atoms with Crippen molar-refractivity contribution < 1.29 is 9.53 Å². The molecule has 2 nitrogen and oxygen atoms in total. The van der Waals surface area contributed by atoms with Gasteiger partial charge < -0.3 is 4.74 Å². The molecule has 0 heterocycles. The van der Waals surface area contributed by atoms with Crippen LogP contribution in [0.25, 0.3) is 0 Å². The Bertz CT molecular complexity index is 842. The summed E-state index contributed by atoms with van der Waals surface area (Å²) < 4.78 is 5.94. The van der Waals surface area contributed by atoms with Crippen LogP contribution in [0.3, 0.4) is 0 Å². The summed E-state index contributed by atoms with van der Waals surface area (Å²) in [5.74, 6) is 3.68. The Balaban J connectivity index is 1.48. The SMILES string of the molecule is CC(=O)OC(C)(C)[C@H]1CC[C@]2(C)[C@H]3CC[C@@H]4[C@@]5(C)CCCC(C)(C)[C@@H]5CC[C@@]4(C)[C@]3(C)CC[C@@H]12. The molecule has 0 aromatic carbocycles. The second-order valence-electron chi connectivity index (χ2n) is 15.9. The number of hydrogen-bond acceptors (Lipinski definition) is 2. The van der Waals surface area contributed by atoms with E-state index in [4.69, 9.17) is 4.74 Å². The molecule has 0 amide bonds. The third-order valence-electron chi connectivity index (χ3n) is 14.0. The standard InChI is InChI=1S/C32H54O2/c1-21(33)34-28(4,5)22-13-18-29(6)23(22)14-19-31(8)25(29)11-12-26-30(7)17-10-16-27(2,3)24(30)15-20-32(26,31)9/h22-26H,10-20H2,1-9H3/t22-,23-,24-,25+,26+,29-,30-,31+,32+/m0/s1. The normalized spacial score (nSPS) is 52.1. The van der Waals surface area contributed by atoms with E-state index in [1.165, 1.54) is 70.6 Å². The number of ether oxygens (including phenoxy) is 1. The van der Waals surface area contributed by atoms with Gasteiger partial charge in [-0.25, -0.2) is 0 Å². The molecule has 5 aliphatic rings. The second kappa shape index (κ2) is 7.50. The molecule has 2 heteroatoms. The summed E-state index contributed by atoms with van der Waals surface area (Å²) in [6, 6.07) is 0. The average molecular weight is 471 g/mol. The molecule has 34 heavy (non-hydrogen) atoms. The summed E-state index contributed by atoms with van der Waals surface area (Å²) >= 11 is 0. The molecule has 0 N–H and O–H groups in total. The van der Waals surface area contributed by atoms with Gasteiger partial charge in [-0.2, -0.15) is 0 Å². The van der Waals surface area contributed by atoms with Crippen LogP contribution < -0.4 is 0 Å². The third-order valence-corrected chi connectivity index (χ3v) is 14.0. The van der Waals surface area contributed by atoms with Crippen molar-refractivity contribution in [1.29, 1.82) is 0 Å². The van der Waals surface area contributed by atoms with Crippen molar-refractivity contribution in [3.8, 4) is 0 Å². The van der Waals surface area contributed by atoms with Crippen LogP contribution in [0.15, 0.2) is 0 Å². The Morgan fingerprint density at radius 1 is 0.706 bits per heavy atom. The van der Waals surface area contributed by atoms with Crippen LogP contribution in [0.5, 0.6) is 0 Å². The molecule has 5 saturated carbocycles. The fraction of sp³-hybridized carbons (Fsp3) is 0.969. The lowest BCUT2D eigenvalue weighted by Gasteiger charge is -2.73. The molecule has 194 valence electrons. The first kappa shape index (κ1) is 25.1. The highest BCUT2D eigenvalue weighted by Gasteiger charge is 2.70. The molecule has 5 rings (SSSR count). The van der Waals surface area contributed by atoms with Crippen LogP contribution in [0.2, 0.25) is 0 Å². The van der Waals surface area contributed by atoms with E-state index in [1.54, 1.807) is 6.92 Å². The zero-order chi connectivity index (χ0) is 24.9. The molecule has 0 radical (unpaired) electrons. The van der Waals surface area contributed by atoms with E-state index in [0.29, 0.717) is 38.9 Å². The quantitative estimate of drug-likeness (QED) is 0.377. The number of carbonyl (C=O) groups excluding carboxylic acids is 1. The highest BCUT2D eigenvalue weighted by molar-refractivity contribution is 5.66. The molecule has 5 fully saturated rings. The number of esters is 1. The Morgan fingerprint density at radius 3 is 1.91 bits per heavy atom. The number of hydrogen-bond donors (Lipinski definition) is 0. The van der Waals surface area contributed by atoms with E-state index >= 15 is 0 Å². The van der Waals surface area contributed by atoms with E-state index in [0.717, 1.165) is 17.8 Å². The van der Waals surface area contributed by atoms with Crippen LogP contribution >= 0.6 is 0 Å². The maximum absolute atomic E-state index is 11.9. The molecule has 0 aliphatic heterocycles. The Hall–Kier alpha value is -0.530. The molecule has 0 saturated heterocycles. The van der Waals surface area contributed by atoms with Gasteiger partial charge in [0.25, 0.3) is 0 Å². The van der Waals surface area contributed by atoms with Gasteiger partial charge in [0, 0.05) is 12.8 Å². The van der Waals surface area contributed by atoms with Crippen molar-refractivity contribution in [1.82, 2.24) is 0 Å². The first-order chi connectivity index (χ1) is 15.6. The van der Waals surface area contributed by atoms with E-state index in [9.17, 15) is 4.79 Å². The van der Waals surface area contributed by atoms with E-state index in [2.05, 4.69) is 55.4 Å². The molecule has 0 aromatic heterocycles. The van der Waals surface area contributed by atoms with Crippen molar-refractivity contribution in [2.24, 2.45) is 56.7 Å². The van der Waals surface area contributed by atoms with Gasteiger partial charge >= 0.3 is 5.97 Å². The topological polar surface area (TPSA) is 26.3 Å². The average Bonchev–Trinajstić information content (AvgIpc) is 3.05. The van der Waals surface area contributed by atoms with Crippen molar-refractivity contribution in [2.75, 3.05) is 0 Å². The first-order valence-corrected chi connectivity index (χ1v) is 14.8. The van der Waals surface area contributed by atoms with Gasteiger partial charge in [0.2, 0.25) is 0 Å². The maximum atomic E-state index is 11.9. The Labute approximate surface area is 210 Å². The van der Waals surface area contributed by atoms with Gasteiger partial charge in [0.05, 0.1) is 0 Å². The van der Waals surface area contributed by atoms with Crippen LogP contribution in [-0.2, 0) is 9.53 Å². The van der Waals surface area contributed by atoms with Crippen LogP contribution in [0, 0.1) is 56.7 Å². The third kappa shape index (κ3) is 3.14. The van der Waals surface area contributed by atoms with E-state index < -0.39 is 0 Å². The van der Waals surface area contributed by atoms with Crippen molar-refractivity contribution >= 4 is 5.97 Å². The van der Waals surface area contributed by atoms with Crippen molar-refractivity contribution in [2.45, 2.75) is 139 Å². The molecule has 0 unspecified atom stereocenters. The smallest absolute Gasteiger partial charge is 0.303 e. The van der Waals surface area contributed by atoms with Crippen LogP contribution in [0.1, 0.15) is 133 Å². The fourth-order valence-corrected chi connectivity index (χ4v) is 12.6. The Kier molecular flexibility index (Phi) is 5.55. The van der Waals surface area contributed by atoms with Gasteiger partial charge in [-0.3, -0.25) is 4.79 Å². The number of rotatable bonds is 2. The zero-order valence-electron chi connectivity index (χ0n) is 24.0. The van der Waals surface area contributed by atoms with Gasteiger partial charge in [0.15, 0.2) is 0 Å². The first-order valence-electron chi connectivity index (χ1n) is 14.8. The minimum absolute atomic E-state index is 0.118. The minimum atomic E-state index is -0.345. The number of fused-ring (bicyclic) bond motifs is 7. The zero-order valence-corrected chi connectivity index (χ0v) is 24.0. The van der Waals surface area contributed by atoms with Gasteiger partial charge in [-0.1, -0.05) is 48.0 Å². The van der Waals surface area contributed by atoms with Crippen LogP contribution in [0.4, 0.5) is 0 Å². The predicted molar refractivity (Wildman–Crippen MR) is 140 cm³/mol. The highest BCUT2D eigenvalue weighted by Crippen LogP contribution is 2.78.